The van der Waals surface area contributed by atoms with Crippen molar-refractivity contribution in [2.24, 2.45) is 11.8 Å². The maximum absolute atomic E-state index is 12.4. The van der Waals surface area contributed by atoms with Crippen molar-refractivity contribution in [2.45, 2.75) is 58.9 Å². The Balaban J connectivity index is 1.86. The number of hydrogen-bond acceptors (Lipinski definition) is 4. The highest BCUT2D eigenvalue weighted by molar-refractivity contribution is 7.80. The van der Waals surface area contributed by atoms with Crippen LogP contribution in [0.3, 0.4) is 0 Å². The third-order valence-electron chi connectivity index (χ3n) is 5.10. The first-order chi connectivity index (χ1) is 13.4. The second kappa shape index (κ2) is 11.1. The fourth-order valence-corrected chi connectivity index (χ4v) is 3.46. The molecule has 28 heavy (non-hydrogen) atoms. The van der Waals surface area contributed by atoms with Crippen molar-refractivity contribution >= 4 is 23.2 Å². The van der Waals surface area contributed by atoms with Gasteiger partial charge < -0.3 is 14.8 Å². The Labute approximate surface area is 173 Å². The van der Waals surface area contributed by atoms with Crippen LogP contribution in [0.25, 0.3) is 0 Å². The Morgan fingerprint density at radius 2 is 1.96 bits per heavy atom. The number of nitrogens with one attached hydrogen (secondary N) is 3. The maximum Gasteiger partial charge on any atom is 0.269 e. The van der Waals surface area contributed by atoms with Gasteiger partial charge in [0.05, 0.1) is 13.7 Å². The van der Waals surface area contributed by atoms with E-state index in [2.05, 4.69) is 36.9 Å². The number of hydrazine groups is 1. The summed E-state index contributed by atoms with van der Waals surface area (Å²) >= 11 is 5.31. The topological polar surface area (TPSA) is 71.6 Å². The molecule has 2 rings (SSSR count). The van der Waals surface area contributed by atoms with Crippen molar-refractivity contribution in [1.82, 2.24) is 16.2 Å². The van der Waals surface area contributed by atoms with E-state index in [0.29, 0.717) is 46.7 Å². The minimum absolute atomic E-state index is 0.284. The summed E-state index contributed by atoms with van der Waals surface area (Å²) in [5, 5.41) is 3.74. The normalized spacial score (nSPS) is 19.0. The average molecular weight is 408 g/mol. The van der Waals surface area contributed by atoms with E-state index in [4.69, 9.17) is 21.7 Å². The Kier molecular flexibility index (Phi) is 8.83. The van der Waals surface area contributed by atoms with Crippen LogP contribution < -0.4 is 25.6 Å². The lowest BCUT2D eigenvalue weighted by Gasteiger charge is -2.30. The van der Waals surface area contributed by atoms with Crippen LogP contribution >= 0.6 is 12.2 Å². The zero-order valence-electron chi connectivity index (χ0n) is 17.3. The third kappa shape index (κ3) is 6.86. The van der Waals surface area contributed by atoms with Gasteiger partial charge in [-0.05, 0) is 61.5 Å². The molecule has 2 atom stereocenters. The molecule has 0 aromatic heterocycles. The summed E-state index contributed by atoms with van der Waals surface area (Å²) < 4.78 is 11.1. The van der Waals surface area contributed by atoms with E-state index >= 15 is 0 Å². The SMILES string of the molecule is COc1cc(C(=O)NNC(=S)NC2CCCCC2C)ccc1OCCC(C)C. The second-order valence-corrected chi connectivity index (χ2v) is 8.23. The summed E-state index contributed by atoms with van der Waals surface area (Å²) in [4.78, 5) is 12.4. The lowest BCUT2D eigenvalue weighted by molar-refractivity contribution is 0.0943. The zero-order valence-corrected chi connectivity index (χ0v) is 18.2. The van der Waals surface area contributed by atoms with Crippen molar-refractivity contribution < 1.29 is 14.3 Å². The van der Waals surface area contributed by atoms with Crippen molar-refractivity contribution in [1.29, 1.82) is 0 Å². The minimum atomic E-state index is -0.284. The van der Waals surface area contributed by atoms with Gasteiger partial charge in [0, 0.05) is 11.6 Å². The van der Waals surface area contributed by atoms with Gasteiger partial charge in [-0.2, -0.15) is 0 Å². The Morgan fingerprint density at radius 1 is 1.21 bits per heavy atom. The summed E-state index contributed by atoms with van der Waals surface area (Å²) in [7, 11) is 1.56. The van der Waals surface area contributed by atoms with Crippen LogP contribution in [0, 0.1) is 11.8 Å². The molecule has 6 nitrogen and oxygen atoms in total. The van der Waals surface area contributed by atoms with Gasteiger partial charge in [-0.1, -0.05) is 33.6 Å². The monoisotopic (exact) mass is 407 g/mol. The molecule has 7 heteroatoms. The van der Waals surface area contributed by atoms with E-state index in [-0.39, 0.29) is 5.91 Å². The number of methoxy groups -OCH3 is 1. The molecule has 1 aromatic rings. The van der Waals surface area contributed by atoms with Gasteiger partial charge in [-0.15, -0.1) is 0 Å². The fourth-order valence-electron chi connectivity index (χ4n) is 3.25. The standard InChI is InChI=1S/C21H33N3O3S/c1-14(2)11-12-27-18-10-9-16(13-19(18)26-4)20(25)23-24-21(28)22-17-8-6-5-7-15(17)3/h9-10,13-15,17H,5-8,11-12H2,1-4H3,(H,23,25)(H2,22,24,28). The summed E-state index contributed by atoms with van der Waals surface area (Å²) in [6, 6.07) is 5.49. The molecule has 1 aliphatic rings. The highest BCUT2D eigenvalue weighted by atomic mass is 32.1. The molecular formula is C21H33N3O3S. The number of carbonyl (C=O) groups is 1. The molecule has 2 unspecified atom stereocenters. The highest BCUT2D eigenvalue weighted by Gasteiger charge is 2.21. The van der Waals surface area contributed by atoms with Crippen LogP contribution in [0.5, 0.6) is 11.5 Å². The maximum atomic E-state index is 12.4. The van der Waals surface area contributed by atoms with Gasteiger partial charge in [-0.25, -0.2) is 0 Å². The van der Waals surface area contributed by atoms with E-state index in [1.54, 1.807) is 25.3 Å². The first-order valence-corrected chi connectivity index (χ1v) is 10.5. The molecule has 0 heterocycles. The minimum Gasteiger partial charge on any atom is -0.493 e. The molecule has 0 radical (unpaired) electrons. The molecule has 1 aliphatic carbocycles. The predicted octanol–water partition coefficient (Wildman–Crippen LogP) is 3.81. The number of amides is 1. The largest absolute Gasteiger partial charge is 0.493 e. The lowest BCUT2D eigenvalue weighted by atomic mass is 9.86. The summed E-state index contributed by atoms with van der Waals surface area (Å²) in [5.74, 6) is 2.03. The zero-order chi connectivity index (χ0) is 20.5. The number of thiocarbonyl (C=S) groups is 1. The first kappa shape index (κ1) is 22.3. The first-order valence-electron chi connectivity index (χ1n) is 10.1. The molecule has 0 bridgehead atoms. The molecule has 1 fully saturated rings. The van der Waals surface area contributed by atoms with Crippen LogP contribution in [0.15, 0.2) is 18.2 Å². The van der Waals surface area contributed by atoms with E-state index in [1.807, 2.05) is 0 Å². The van der Waals surface area contributed by atoms with E-state index in [1.165, 1.54) is 19.3 Å². The van der Waals surface area contributed by atoms with E-state index < -0.39 is 0 Å². The van der Waals surface area contributed by atoms with E-state index in [9.17, 15) is 4.79 Å². The molecule has 3 N–H and O–H groups in total. The smallest absolute Gasteiger partial charge is 0.269 e. The molecule has 0 aliphatic heterocycles. The van der Waals surface area contributed by atoms with Crippen LogP contribution in [-0.2, 0) is 0 Å². The fraction of sp³-hybridized carbons (Fsp3) is 0.619. The van der Waals surface area contributed by atoms with Gasteiger partial charge in [0.1, 0.15) is 0 Å². The quantitative estimate of drug-likeness (QED) is 0.472. The Bertz CT molecular complexity index is 666. The predicted molar refractivity (Wildman–Crippen MR) is 116 cm³/mol. The van der Waals surface area contributed by atoms with Gasteiger partial charge in [0.2, 0.25) is 0 Å². The van der Waals surface area contributed by atoms with Gasteiger partial charge in [-0.3, -0.25) is 15.6 Å². The van der Waals surface area contributed by atoms with E-state index in [0.717, 1.165) is 12.8 Å². The molecule has 1 saturated carbocycles. The third-order valence-corrected chi connectivity index (χ3v) is 5.32. The number of hydrogen-bond donors (Lipinski definition) is 3. The average Bonchev–Trinajstić information content (AvgIpc) is 2.67. The van der Waals surface area contributed by atoms with Crippen LogP contribution in [0.2, 0.25) is 0 Å². The number of benzene rings is 1. The van der Waals surface area contributed by atoms with Crippen molar-refractivity contribution in [3.8, 4) is 11.5 Å². The number of carbonyl (C=O) groups excluding carboxylic acids is 1. The molecule has 0 spiro atoms. The summed E-state index contributed by atoms with van der Waals surface area (Å²) in [6.07, 6.45) is 5.75. The van der Waals surface area contributed by atoms with Gasteiger partial charge in [0.25, 0.3) is 5.91 Å². The second-order valence-electron chi connectivity index (χ2n) is 7.82. The van der Waals surface area contributed by atoms with Crippen LogP contribution in [-0.4, -0.2) is 30.8 Å². The molecular weight excluding hydrogens is 374 g/mol. The lowest BCUT2D eigenvalue weighted by Crippen LogP contribution is -2.51. The van der Waals surface area contributed by atoms with Crippen LogP contribution in [0.1, 0.15) is 63.2 Å². The summed E-state index contributed by atoms with van der Waals surface area (Å²) in [6.45, 7) is 7.14. The Morgan fingerprint density at radius 3 is 2.64 bits per heavy atom. The van der Waals surface area contributed by atoms with Crippen molar-refractivity contribution in [3.05, 3.63) is 23.8 Å². The number of ether oxygens (including phenoxy) is 2. The highest BCUT2D eigenvalue weighted by Crippen LogP contribution is 2.28. The Hall–Kier alpha value is -2.02. The molecule has 156 valence electrons. The van der Waals surface area contributed by atoms with Gasteiger partial charge >= 0.3 is 0 Å². The summed E-state index contributed by atoms with van der Waals surface area (Å²) in [5.41, 5.74) is 5.91. The van der Waals surface area contributed by atoms with Crippen molar-refractivity contribution in [2.75, 3.05) is 13.7 Å². The molecule has 0 saturated heterocycles. The molecule has 1 amide bonds. The van der Waals surface area contributed by atoms with Gasteiger partial charge in [0.15, 0.2) is 16.6 Å². The van der Waals surface area contributed by atoms with Crippen LogP contribution in [0.4, 0.5) is 0 Å². The van der Waals surface area contributed by atoms with Crippen molar-refractivity contribution in [3.63, 3.8) is 0 Å². The number of rotatable bonds is 7. The molecule has 1 aromatic carbocycles.